The average Bonchev–Trinajstić information content (AvgIpc) is 3.17. The Hall–Kier alpha value is -2.08. The van der Waals surface area contributed by atoms with E-state index in [-0.39, 0.29) is 18.3 Å². The number of piperazine rings is 1. The highest BCUT2D eigenvalue weighted by Crippen LogP contribution is 2.29. The summed E-state index contributed by atoms with van der Waals surface area (Å²) in [5, 5.41) is 0. The van der Waals surface area contributed by atoms with E-state index < -0.39 is 0 Å². The van der Waals surface area contributed by atoms with Crippen LogP contribution in [0.3, 0.4) is 0 Å². The zero-order valence-corrected chi connectivity index (χ0v) is 18.6. The number of nitrogens with zero attached hydrogens (tertiary/aromatic N) is 3. The van der Waals surface area contributed by atoms with Gasteiger partial charge in [0.25, 0.3) is 0 Å². The van der Waals surface area contributed by atoms with Crippen LogP contribution in [0.2, 0.25) is 0 Å². The highest BCUT2D eigenvalue weighted by Gasteiger charge is 2.22. The summed E-state index contributed by atoms with van der Waals surface area (Å²) >= 11 is 0. The third-order valence-corrected chi connectivity index (χ3v) is 6.02. The van der Waals surface area contributed by atoms with Gasteiger partial charge in [-0.05, 0) is 42.2 Å². The van der Waals surface area contributed by atoms with Crippen LogP contribution in [0.4, 0.5) is 5.69 Å². The maximum absolute atomic E-state index is 11.7. The maximum atomic E-state index is 11.7. The van der Waals surface area contributed by atoms with E-state index in [2.05, 4.69) is 28.0 Å². The lowest BCUT2D eigenvalue weighted by molar-refractivity contribution is -0.116. The molecule has 5 nitrogen and oxygen atoms in total. The highest BCUT2D eigenvalue weighted by atomic mass is 35.5. The quantitative estimate of drug-likeness (QED) is 0.676. The molecule has 1 saturated heterocycles. The number of carbonyl (C=O) groups excluding carboxylic acids is 1. The topological polar surface area (TPSA) is 36.0 Å². The summed E-state index contributed by atoms with van der Waals surface area (Å²) in [7, 11) is 0. The van der Waals surface area contributed by atoms with E-state index in [0.717, 1.165) is 76.7 Å². The lowest BCUT2D eigenvalue weighted by Crippen LogP contribution is -2.47. The van der Waals surface area contributed by atoms with Crippen molar-refractivity contribution in [3.63, 3.8) is 0 Å². The molecule has 2 aromatic carbocycles. The van der Waals surface area contributed by atoms with Crippen LogP contribution in [-0.4, -0.2) is 68.1 Å². The van der Waals surface area contributed by atoms with Gasteiger partial charge in [0.05, 0.1) is 0 Å². The normalized spacial score (nSPS) is 16.8. The van der Waals surface area contributed by atoms with Gasteiger partial charge in [-0.15, -0.1) is 12.4 Å². The summed E-state index contributed by atoms with van der Waals surface area (Å²) in [5.41, 5.74) is 3.81. The fraction of sp³-hybridized carbons (Fsp3) is 0.458. The Kier molecular flexibility index (Phi) is 8.14. The zero-order chi connectivity index (χ0) is 20.1. The number of anilines is 1. The molecule has 0 radical (unpaired) electrons. The maximum Gasteiger partial charge on any atom is 0.223 e. The van der Waals surface area contributed by atoms with Crippen LogP contribution in [0.15, 0.2) is 48.5 Å². The minimum Gasteiger partial charge on any atom is -0.492 e. The minimum atomic E-state index is 0. The zero-order valence-electron chi connectivity index (χ0n) is 17.8. The van der Waals surface area contributed by atoms with Crippen molar-refractivity contribution in [2.24, 2.45) is 0 Å². The van der Waals surface area contributed by atoms with Crippen LogP contribution >= 0.6 is 12.4 Å². The summed E-state index contributed by atoms with van der Waals surface area (Å²) in [4.78, 5) is 18.6. The van der Waals surface area contributed by atoms with Gasteiger partial charge in [-0.1, -0.05) is 30.3 Å². The Labute approximate surface area is 186 Å². The minimum absolute atomic E-state index is 0. The number of ether oxygens (including phenoxy) is 1. The Morgan fingerprint density at radius 2 is 1.63 bits per heavy atom. The highest BCUT2D eigenvalue weighted by molar-refractivity contribution is 5.93. The summed E-state index contributed by atoms with van der Waals surface area (Å²) < 4.78 is 5.82. The first-order chi connectivity index (χ1) is 14.2. The van der Waals surface area contributed by atoms with Crippen molar-refractivity contribution in [1.29, 1.82) is 0 Å². The van der Waals surface area contributed by atoms with Crippen molar-refractivity contribution in [1.82, 2.24) is 9.80 Å². The van der Waals surface area contributed by atoms with Crippen molar-refractivity contribution in [3.8, 4) is 5.75 Å². The predicted octanol–water partition coefficient (Wildman–Crippen LogP) is 3.26. The van der Waals surface area contributed by atoms with Gasteiger partial charge >= 0.3 is 0 Å². The van der Waals surface area contributed by atoms with Crippen LogP contribution < -0.4 is 9.64 Å². The first-order valence-electron chi connectivity index (χ1n) is 10.7. The number of hydrogen-bond acceptors (Lipinski definition) is 4. The molecule has 0 spiro atoms. The Balaban J connectivity index is 0.00000256. The number of hydrogen-bond donors (Lipinski definition) is 0. The molecule has 2 aromatic rings. The Morgan fingerprint density at radius 3 is 2.33 bits per heavy atom. The molecule has 1 fully saturated rings. The standard InChI is InChI=1S/C24H31N3O2.ClH/c1-20(28)27-12-10-22-19-21(7-8-24(22)27)9-11-25-13-15-26(16-14-25)17-18-29-23-5-3-2-4-6-23;/h2-8,19H,9-18H2,1H3;1H. The smallest absolute Gasteiger partial charge is 0.223 e. The first kappa shape index (κ1) is 22.6. The van der Waals surface area contributed by atoms with E-state index in [4.69, 9.17) is 4.74 Å². The number of carbonyl (C=O) groups is 1. The van der Waals surface area contributed by atoms with Crippen molar-refractivity contribution in [3.05, 3.63) is 59.7 Å². The third-order valence-electron chi connectivity index (χ3n) is 6.02. The molecule has 1 amide bonds. The van der Waals surface area contributed by atoms with Crippen LogP contribution in [0, 0.1) is 0 Å². The van der Waals surface area contributed by atoms with E-state index in [0.29, 0.717) is 0 Å². The number of benzene rings is 2. The molecule has 4 rings (SSSR count). The number of amides is 1. The van der Waals surface area contributed by atoms with Gasteiger partial charge in [-0.2, -0.15) is 0 Å². The SMILES string of the molecule is CC(=O)N1CCc2cc(CCN3CCN(CCOc4ccccc4)CC3)ccc21.Cl. The first-order valence-corrected chi connectivity index (χ1v) is 10.7. The number of fused-ring (bicyclic) bond motifs is 1. The molecule has 6 heteroatoms. The van der Waals surface area contributed by atoms with Crippen molar-refractivity contribution in [2.45, 2.75) is 19.8 Å². The third kappa shape index (κ3) is 5.75. The molecule has 0 saturated carbocycles. The summed E-state index contributed by atoms with van der Waals surface area (Å²) in [6.07, 6.45) is 2.05. The van der Waals surface area contributed by atoms with Gasteiger partial charge in [-0.25, -0.2) is 0 Å². The molecular weight excluding hydrogens is 398 g/mol. The Morgan fingerprint density at radius 1 is 0.933 bits per heavy atom. The second-order valence-corrected chi connectivity index (χ2v) is 7.98. The van der Waals surface area contributed by atoms with E-state index in [1.165, 1.54) is 11.1 Å². The van der Waals surface area contributed by atoms with Gasteiger partial charge < -0.3 is 14.5 Å². The fourth-order valence-corrected chi connectivity index (χ4v) is 4.27. The van der Waals surface area contributed by atoms with Gasteiger partial charge in [-0.3, -0.25) is 9.69 Å². The molecule has 0 aliphatic carbocycles. The van der Waals surface area contributed by atoms with Crippen molar-refractivity contribution >= 4 is 24.0 Å². The van der Waals surface area contributed by atoms with Crippen LogP contribution in [0.5, 0.6) is 5.75 Å². The lowest BCUT2D eigenvalue weighted by atomic mass is 10.1. The lowest BCUT2D eigenvalue weighted by Gasteiger charge is -2.34. The van der Waals surface area contributed by atoms with E-state index in [9.17, 15) is 4.79 Å². The summed E-state index contributed by atoms with van der Waals surface area (Å²) in [6.45, 7) is 9.76. The average molecular weight is 430 g/mol. The number of rotatable bonds is 7. The summed E-state index contributed by atoms with van der Waals surface area (Å²) in [6, 6.07) is 16.7. The Bertz CT molecular complexity index is 822. The van der Waals surface area contributed by atoms with Crippen LogP contribution in [0.25, 0.3) is 0 Å². The van der Waals surface area contributed by atoms with Crippen molar-refractivity contribution in [2.75, 3.05) is 57.3 Å². The van der Waals surface area contributed by atoms with Gasteiger partial charge in [0.2, 0.25) is 5.91 Å². The van der Waals surface area contributed by atoms with Crippen LogP contribution in [0.1, 0.15) is 18.1 Å². The van der Waals surface area contributed by atoms with Crippen LogP contribution in [-0.2, 0) is 17.6 Å². The molecule has 2 aliphatic heterocycles. The number of para-hydroxylation sites is 1. The van der Waals surface area contributed by atoms with E-state index in [1.807, 2.05) is 35.2 Å². The van der Waals surface area contributed by atoms with Gasteiger partial charge in [0, 0.05) is 58.4 Å². The molecule has 30 heavy (non-hydrogen) atoms. The van der Waals surface area contributed by atoms with E-state index in [1.54, 1.807) is 6.92 Å². The second-order valence-electron chi connectivity index (χ2n) is 7.98. The molecular formula is C24H32ClN3O2. The van der Waals surface area contributed by atoms with E-state index >= 15 is 0 Å². The molecule has 0 atom stereocenters. The second kappa shape index (κ2) is 10.8. The molecule has 2 aliphatic rings. The molecule has 0 bridgehead atoms. The molecule has 0 N–H and O–H groups in total. The van der Waals surface area contributed by atoms with Gasteiger partial charge in [0.15, 0.2) is 0 Å². The van der Waals surface area contributed by atoms with Gasteiger partial charge in [0.1, 0.15) is 12.4 Å². The van der Waals surface area contributed by atoms with Crippen molar-refractivity contribution < 1.29 is 9.53 Å². The fourth-order valence-electron chi connectivity index (χ4n) is 4.27. The largest absolute Gasteiger partial charge is 0.492 e. The predicted molar refractivity (Wildman–Crippen MR) is 124 cm³/mol. The number of halogens is 1. The molecule has 0 unspecified atom stereocenters. The molecule has 162 valence electrons. The molecule has 0 aromatic heterocycles. The summed E-state index contributed by atoms with van der Waals surface area (Å²) in [5.74, 6) is 1.09. The molecule has 2 heterocycles. The monoisotopic (exact) mass is 429 g/mol.